The van der Waals surface area contributed by atoms with E-state index < -0.39 is 8.07 Å². The average Bonchev–Trinajstić information content (AvgIpc) is 3.82. The van der Waals surface area contributed by atoms with Gasteiger partial charge in [-0.1, -0.05) is 140 Å². The van der Waals surface area contributed by atoms with Gasteiger partial charge < -0.3 is 9.47 Å². The first kappa shape index (κ1) is 32.3. The van der Waals surface area contributed by atoms with Crippen molar-refractivity contribution >= 4 is 72.4 Å². The summed E-state index contributed by atoms with van der Waals surface area (Å²) in [5, 5.41) is 9.30. The number of rotatable bonds is 3. The van der Waals surface area contributed by atoms with E-state index in [0.29, 0.717) is 17.7 Å². The number of benzene rings is 8. The van der Waals surface area contributed by atoms with Crippen LogP contribution in [0.15, 0.2) is 188 Å². The molecule has 0 N–H and O–H groups in total. The molecule has 13 rings (SSSR count). The van der Waals surface area contributed by atoms with Gasteiger partial charge in [0, 0.05) is 27.1 Å². The number of hydrogen-bond donors (Lipinski definition) is 0. The lowest BCUT2D eigenvalue weighted by Gasteiger charge is -2.43. The Kier molecular flexibility index (Phi) is 6.62. The summed E-state index contributed by atoms with van der Waals surface area (Å²) >= 11 is 0. The van der Waals surface area contributed by atoms with E-state index in [-0.39, 0.29) is 0 Å². The summed E-state index contributed by atoms with van der Waals surface area (Å²) in [5.74, 6) is 5.02. The summed E-state index contributed by atoms with van der Waals surface area (Å²) < 4.78 is 17.9. The van der Waals surface area contributed by atoms with Crippen LogP contribution in [-0.4, -0.2) is 32.2 Å². The first-order valence-corrected chi connectivity index (χ1v) is 21.8. The van der Waals surface area contributed by atoms with Crippen molar-refractivity contribution in [1.29, 1.82) is 0 Å². The number of nitrogens with zero attached hydrogens (tertiary/aromatic N) is 5. The lowest BCUT2D eigenvalue weighted by atomic mass is 10.2. The molecule has 0 aliphatic carbocycles. The summed E-state index contributed by atoms with van der Waals surface area (Å²) in [7, 11) is -2.92. The highest BCUT2D eigenvalue weighted by Gasteiger charge is 2.52. The van der Waals surface area contributed by atoms with Crippen LogP contribution in [0.2, 0.25) is 0 Å². The van der Waals surface area contributed by atoms with Crippen molar-refractivity contribution in [2.75, 3.05) is 0 Å². The molecule has 0 bridgehead atoms. The molecule has 5 heterocycles. The zero-order chi connectivity index (χ0) is 38.7. The topological polar surface area (TPSA) is 67.0 Å². The minimum Gasteiger partial charge on any atom is -0.458 e. The van der Waals surface area contributed by atoms with Gasteiger partial charge in [0.25, 0.3) is 0 Å². The van der Waals surface area contributed by atoms with Crippen LogP contribution in [0.1, 0.15) is 0 Å². The maximum absolute atomic E-state index is 6.95. The molecule has 0 fully saturated rings. The lowest BCUT2D eigenvalue weighted by molar-refractivity contribution is 0.482. The Morgan fingerprint density at radius 1 is 0.339 bits per heavy atom. The van der Waals surface area contributed by atoms with Gasteiger partial charge in [-0.2, -0.15) is 15.0 Å². The summed E-state index contributed by atoms with van der Waals surface area (Å²) in [6, 6.07) is 65.8. The van der Waals surface area contributed by atoms with E-state index in [1.807, 2.05) is 12.1 Å². The normalized spacial score (nSPS) is 13.5. The van der Waals surface area contributed by atoms with E-state index in [4.69, 9.17) is 24.4 Å². The van der Waals surface area contributed by atoms with Gasteiger partial charge in [0.2, 0.25) is 11.9 Å². The second kappa shape index (κ2) is 12.1. The van der Waals surface area contributed by atoms with Gasteiger partial charge in [-0.3, -0.25) is 9.13 Å². The molecule has 0 radical (unpaired) electrons. The predicted molar refractivity (Wildman–Crippen MR) is 238 cm³/mol. The molecule has 2 aliphatic rings. The smallest absolute Gasteiger partial charge is 0.240 e. The summed E-state index contributed by atoms with van der Waals surface area (Å²) in [4.78, 5) is 16.0. The van der Waals surface area contributed by atoms with E-state index in [0.717, 1.165) is 77.4 Å². The average molecular weight is 774 g/mol. The largest absolute Gasteiger partial charge is 0.458 e. The first-order chi connectivity index (χ1) is 29.3. The van der Waals surface area contributed by atoms with Crippen molar-refractivity contribution in [3.63, 3.8) is 0 Å². The number of fused-ring (bicyclic) bond motifs is 14. The molecule has 2 aliphatic heterocycles. The Balaban J connectivity index is 1.10. The third-order valence-corrected chi connectivity index (χ3v) is 17.0. The maximum Gasteiger partial charge on any atom is 0.240 e. The van der Waals surface area contributed by atoms with Gasteiger partial charge >= 0.3 is 0 Å². The second-order valence-corrected chi connectivity index (χ2v) is 18.8. The minimum absolute atomic E-state index is 0.534. The van der Waals surface area contributed by atoms with Crippen LogP contribution in [-0.2, 0) is 0 Å². The quantitative estimate of drug-likeness (QED) is 0.168. The molecular formula is C51H31N5O2Si. The van der Waals surface area contributed by atoms with E-state index >= 15 is 0 Å². The van der Waals surface area contributed by atoms with Crippen LogP contribution >= 0.6 is 0 Å². The fourth-order valence-electron chi connectivity index (χ4n) is 9.72. The molecule has 11 aromatic rings. The molecular weight excluding hydrogens is 743 g/mol. The molecule has 0 saturated carbocycles. The molecule has 0 unspecified atom stereocenters. The van der Waals surface area contributed by atoms with Crippen LogP contribution in [0.25, 0.3) is 66.9 Å². The molecule has 0 atom stereocenters. The molecule has 0 amide bonds. The van der Waals surface area contributed by atoms with Gasteiger partial charge in [-0.25, -0.2) is 0 Å². The Bertz CT molecular complexity index is 3250. The first-order valence-electron chi connectivity index (χ1n) is 19.8. The number of para-hydroxylation sites is 7. The van der Waals surface area contributed by atoms with Crippen LogP contribution in [0.5, 0.6) is 23.0 Å². The zero-order valence-electron chi connectivity index (χ0n) is 31.5. The van der Waals surface area contributed by atoms with Gasteiger partial charge in [0.1, 0.15) is 23.0 Å². The predicted octanol–water partition coefficient (Wildman–Crippen LogP) is 9.32. The highest BCUT2D eigenvalue weighted by molar-refractivity contribution is 7.21. The van der Waals surface area contributed by atoms with E-state index in [1.54, 1.807) is 0 Å². The highest BCUT2D eigenvalue weighted by atomic mass is 28.3. The van der Waals surface area contributed by atoms with Crippen molar-refractivity contribution in [2.24, 2.45) is 0 Å². The fourth-order valence-corrected chi connectivity index (χ4v) is 14.8. The molecule has 3 aromatic heterocycles. The molecule has 7 nitrogen and oxygen atoms in total. The van der Waals surface area contributed by atoms with Gasteiger partial charge in [0.05, 0.1) is 22.1 Å². The molecule has 0 saturated heterocycles. The van der Waals surface area contributed by atoms with Crippen molar-refractivity contribution in [3.05, 3.63) is 188 Å². The molecule has 8 heteroatoms. The van der Waals surface area contributed by atoms with Gasteiger partial charge in [-0.15, -0.1) is 0 Å². The van der Waals surface area contributed by atoms with Crippen LogP contribution in [0, 0.1) is 0 Å². The summed E-state index contributed by atoms with van der Waals surface area (Å²) in [5.41, 5.74) is 4.92. The summed E-state index contributed by atoms with van der Waals surface area (Å²) in [6.45, 7) is 0. The SMILES string of the molecule is c1ccc2c(c1)Oc1ccccc1[Si]21c2ccccc2Oc2cc(-c3nc(-n4c5ccccc5c5ccccc54)nc(-n4c5ccccc5c5ccccc54)n3)ccc21. The van der Waals surface area contributed by atoms with Crippen LogP contribution in [0.4, 0.5) is 0 Å². The molecule has 1 spiro atoms. The standard InChI is InChI=1S/C51H31N5O2Si/c1-5-19-37-33(15-1)34-16-2-6-20-38(34)55(37)50-52-49(53-51(54-50)56-39-21-7-3-17-35(39)36-18-4-8-22-40(36)56)32-29-30-48-44(31-32)58-43-25-11-14-28-47(43)59(48)45-26-12-9-23-41(45)57-42-24-10-13-27-46(42)59/h1-31H. The van der Waals surface area contributed by atoms with E-state index in [9.17, 15) is 0 Å². The zero-order valence-corrected chi connectivity index (χ0v) is 32.5. The third kappa shape index (κ3) is 4.43. The van der Waals surface area contributed by atoms with Crippen molar-refractivity contribution in [3.8, 4) is 46.3 Å². The second-order valence-electron chi connectivity index (χ2n) is 15.2. The molecule has 59 heavy (non-hydrogen) atoms. The Labute approximate surface area is 339 Å². The number of aromatic nitrogens is 5. The number of hydrogen-bond acceptors (Lipinski definition) is 5. The van der Waals surface area contributed by atoms with Gasteiger partial charge in [-0.05, 0) is 69.3 Å². The Hall–Kier alpha value is -7.81. The monoisotopic (exact) mass is 773 g/mol. The third-order valence-electron chi connectivity index (χ3n) is 12.1. The number of ether oxygens (including phenoxy) is 2. The van der Waals surface area contributed by atoms with Crippen molar-refractivity contribution in [1.82, 2.24) is 24.1 Å². The van der Waals surface area contributed by atoms with Gasteiger partial charge in [0.15, 0.2) is 13.9 Å². The lowest BCUT2D eigenvalue weighted by Crippen LogP contribution is -2.77. The minimum atomic E-state index is -2.92. The Morgan fingerprint density at radius 2 is 0.695 bits per heavy atom. The van der Waals surface area contributed by atoms with E-state index in [2.05, 4.69) is 185 Å². The molecule has 8 aromatic carbocycles. The highest BCUT2D eigenvalue weighted by Crippen LogP contribution is 2.39. The molecule has 276 valence electrons. The van der Waals surface area contributed by atoms with Crippen LogP contribution < -0.4 is 30.2 Å². The Morgan fingerprint density at radius 3 is 1.14 bits per heavy atom. The van der Waals surface area contributed by atoms with E-state index in [1.165, 1.54) is 15.6 Å². The fraction of sp³-hybridized carbons (Fsp3) is 0. The maximum atomic E-state index is 6.95. The van der Waals surface area contributed by atoms with Crippen LogP contribution in [0.3, 0.4) is 0 Å². The summed E-state index contributed by atoms with van der Waals surface area (Å²) in [6.07, 6.45) is 0. The van der Waals surface area contributed by atoms with Crippen molar-refractivity contribution in [2.45, 2.75) is 0 Å². The van der Waals surface area contributed by atoms with Crippen molar-refractivity contribution < 1.29 is 9.47 Å².